The predicted molar refractivity (Wildman–Crippen MR) is 57.2 cm³/mol. The SMILES string of the molecule is CCCCOCCN(CCN)CC(F)F. The minimum atomic E-state index is -2.30. The Morgan fingerprint density at radius 3 is 2.53 bits per heavy atom. The van der Waals surface area contributed by atoms with Crippen molar-refractivity contribution in [2.45, 2.75) is 26.2 Å². The first kappa shape index (κ1) is 14.7. The van der Waals surface area contributed by atoms with E-state index in [0.29, 0.717) is 32.8 Å². The first-order valence-electron chi connectivity index (χ1n) is 5.49. The fourth-order valence-corrected chi connectivity index (χ4v) is 1.21. The van der Waals surface area contributed by atoms with Gasteiger partial charge in [-0.15, -0.1) is 0 Å². The summed E-state index contributed by atoms with van der Waals surface area (Å²) in [7, 11) is 0. The maximum Gasteiger partial charge on any atom is 0.251 e. The Balaban J connectivity index is 3.47. The van der Waals surface area contributed by atoms with E-state index in [1.807, 2.05) is 0 Å². The zero-order valence-corrected chi connectivity index (χ0v) is 9.42. The molecule has 0 aliphatic rings. The van der Waals surface area contributed by atoms with E-state index in [0.717, 1.165) is 12.8 Å². The molecule has 0 aliphatic carbocycles. The topological polar surface area (TPSA) is 38.5 Å². The molecule has 0 unspecified atom stereocenters. The van der Waals surface area contributed by atoms with Crippen molar-refractivity contribution in [1.82, 2.24) is 4.90 Å². The van der Waals surface area contributed by atoms with Crippen molar-refractivity contribution in [2.24, 2.45) is 5.73 Å². The third-order valence-corrected chi connectivity index (χ3v) is 2.04. The van der Waals surface area contributed by atoms with Gasteiger partial charge in [0.25, 0.3) is 6.43 Å². The van der Waals surface area contributed by atoms with Crippen molar-refractivity contribution >= 4 is 0 Å². The molecular formula is C10H22F2N2O. The predicted octanol–water partition coefficient (Wildman–Crippen LogP) is 1.33. The average molecular weight is 224 g/mol. The highest BCUT2D eigenvalue weighted by atomic mass is 19.3. The number of unbranched alkanes of at least 4 members (excludes halogenated alkanes) is 1. The molecule has 0 amide bonds. The van der Waals surface area contributed by atoms with Crippen LogP contribution in [0.4, 0.5) is 8.78 Å². The highest BCUT2D eigenvalue weighted by Crippen LogP contribution is 1.98. The summed E-state index contributed by atoms with van der Waals surface area (Å²) in [6.45, 7) is 4.53. The van der Waals surface area contributed by atoms with Gasteiger partial charge in [0.05, 0.1) is 13.2 Å². The Labute approximate surface area is 90.6 Å². The lowest BCUT2D eigenvalue weighted by Crippen LogP contribution is -2.36. The molecule has 0 aromatic rings. The molecule has 3 nitrogen and oxygen atoms in total. The van der Waals surface area contributed by atoms with Crippen LogP contribution in [-0.2, 0) is 4.74 Å². The Morgan fingerprint density at radius 2 is 2.00 bits per heavy atom. The van der Waals surface area contributed by atoms with Crippen LogP contribution in [0.3, 0.4) is 0 Å². The minimum absolute atomic E-state index is 0.214. The van der Waals surface area contributed by atoms with Gasteiger partial charge in [0.15, 0.2) is 0 Å². The quantitative estimate of drug-likeness (QED) is 0.569. The van der Waals surface area contributed by atoms with Gasteiger partial charge in [-0.3, -0.25) is 4.90 Å². The number of alkyl halides is 2. The van der Waals surface area contributed by atoms with Gasteiger partial charge in [0.2, 0.25) is 0 Å². The van der Waals surface area contributed by atoms with Crippen molar-refractivity contribution in [3.05, 3.63) is 0 Å². The van der Waals surface area contributed by atoms with Crippen molar-refractivity contribution < 1.29 is 13.5 Å². The molecule has 0 saturated heterocycles. The van der Waals surface area contributed by atoms with E-state index >= 15 is 0 Å². The molecule has 0 atom stereocenters. The van der Waals surface area contributed by atoms with Crippen molar-refractivity contribution in [3.8, 4) is 0 Å². The summed E-state index contributed by atoms with van der Waals surface area (Å²) in [6.07, 6.45) is -0.192. The molecule has 0 heterocycles. The molecule has 0 saturated carbocycles. The summed E-state index contributed by atoms with van der Waals surface area (Å²) in [5, 5.41) is 0. The van der Waals surface area contributed by atoms with Crippen LogP contribution < -0.4 is 5.73 Å². The number of nitrogens with two attached hydrogens (primary N) is 1. The fraction of sp³-hybridized carbons (Fsp3) is 1.00. The smallest absolute Gasteiger partial charge is 0.251 e. The van der Waals surface area contributed by atoms with Crippen molar-refractivity contribution in [3.63, 3.8) is 0 Å². The number of hydrogen-bond acceptors (Lipinski definition) is 3. The van der Waals surface area contributed by atoms with Crippen LogP contribution in [0, 0.1) is 0 Å². The Kier molecular flexibility index (Phi) is 10.1. The van der Waals surface area contributed by atoms with Crippen LogP contribution in [0.15, 0.2) is 0 Å². The summed E-state index contributed by atoms with van der Waals surface area (Å²) in [4.78, 5) is 1.64. The van der Waals surface area contributed by atoms with Gasteiger partial charge in [-0.2, -0.15) is 0 Å². The monoisotopic (exact) mass is 224 g/mol. The molecule has 0 rings (SSSR count). The van der Waals surface area contributed by atoms with E-state index in [4.69, 9.17) is 10.5 Å². The van der Waals surface area contributed by atoms with E-state index in [-0.39, 0.29) is 6.54 Å². The Hall–Kier alpha value is -0.260. The molecular weight excluding hydrogens is 202 g/mol. The van der Waals surface area contributed by atoms with Crippen LogP contribution >= 0.6 is 0 Å². The Morgan fingerprint density at radius 1 is 1.27 bits per heavy atom. The molecule has 0 spiro atoms. The molecule has 0 radical (unpaired) electrons. The maximum atomic E-state index is 12.1. The average Bonchev–Trinajstić information content (AvgIpc) is 2.17. The number of nitrogens with zero attached hydrogens (tertiary/aromatic N) is 1. The molecule has 0 fully saturated rings. The highest BCUT2D eigenvalue weighted by molar-refractivity contribution is 4.59. The molecule has 15 heavy (non-hydrogen) atoms. The van der Waals surface area contributed by atoms with Gasteiger partial charge in [0.1, 0.15) is 0 Å². The van der Waals surface area contributed by atoms with Gasteiger partial charge in [-0.25, -0.2) is 8.78 Å². The molecule has 2 N–H and O–H groups in total. The van der Waals surface area contributed by atoms with E-state index in [1.54, 1.807) is 4.90 Å². The molecule has 92 valence electrons. The summed E-state index contributed by atoms with van der Waals surface area (Å²) in [6, 6.07) is 0. The molecule has 0 aliphatic heterocycles. The number of hydrogen-bond donors (Lipinski definition) is 1. The van der Waals surface area contributed by atoms with Gasteiger partial charge >= 0.3 is 0 Å². The van der Waals surface area contributed by atoms with Gasteiger partial charge in [0, 0.05) is 26.2 Å². The van der Waals surface area contributed by atoms with Crippen LogP contribution in [0.2, 0.25) is 0 Å². The summed E-state index contributed by atoms with van der Waals surface area (Å²) in [5.74, 6) is 0. The largest absolute Gasteiger partial charge is 0.380 e. The Bertz CT molecular complexity index is 137. The van der Waals surface area contributed by atoms with Crippen LogP contribution in [0.1, 0.15) is 19.8 Å². The van der Waals surface area contributed by atoms with Crippen molar-refractivity contribution in [2.75, 3.05) is 39.4 Å². The number of ether oxygens (including phenoxy) is 1. The van der Waals surface area contributed by atoms with E-state index in [1.165, 1.54) is 0 Å². The molecule has 0 bridgehead atoms. The molecule has 0 aromatic heterocycles. The fourth-order valence-electron chi connectivity index (χ4n) is 1.21. The number of rotatable bonds is 10. The highest BCUT2D eigenvalue weighted by Gasteiger charge is 2.10. The molecule has 0 aromatic carbocycles. The van der Waals surface area contributed by atoms with Crippen LogP contribution in [0.25, 0.3) is 0 Å². The van der Waals surface area contributed by atoms with Gasteiger partial charge < -0.3 is 10.5 Å². The number of halogens is 2. The third kappa shape index (κ3) is 10.0. The van der Waals surface area contributed by atoms with E-state index < -0.39 is 6.43 Å². The summed E-state index contributed by atoms with van der Waals surface area (Å²) < 4.78 is 29.5. The third-order valence-electron chi connectivity index (χ3n) is 2.04. The second-order valence-electron chi connectivity index (χ2n) is 3.45. The second-order valence-corrected chi connectivity index (χ2v) is 3.45. The van der Waals surface area contributed by atoms with Crippen molar-refractivity contribution in [1.29, 1.82) is 0 Å². The molecule has 5 heteroatoms. The zero-order chi connectivity index (χ0) is 11.5. The van der Waals surface area contributed by atoms with Crippen LogP contribution in [-0.4, -0.2) is 50.7 Å². The lowest BCUT2D eigenvalue weighted by atomic mass is 10.4. The van der Waals surface area contributed by atoms with Gasteiger partial charge in [-0.05, 0) is 6.42 Å². The van der Waals surface area contributed by atoms with Crippen LogP contribution in [0.5, 0.6) is 0 Å². The zero-order valence-electron chi connectivity index (χ0n) is 9.42. The summed E-state index contributed by atoms with van der Waals surface area (Å²) >= 11 is 0. The first-order chi connectivity index (χ1) is 7.20. The standard InChI is InChI=1S/C10H22F2N2O/c1-2-3-7-15-8-6-14(5-4-13)9-10(11)12/h10H,2-9,13H2,1H3. The minimum Gasteiger partial charge on any atom is -0.380 e. The maximum absolute atomic E-state index is 12.1. The van der Waals surface area contributed by atoms with E-state index in [2.05, 4.69) is 6.92 Å². The second kappa shape index (κ2) is 10.3. The normalized spacial score (nSPS) is 11.6. The lowest BCUT2D eigenvalue weighted by molar-refractivity contribution is 0.0599. The van der Waals surface area contributed by atoms with E-state index in [9.17, 15) is 8.78 Å². The lowest BCUT2D eigenvalue weighted by Gasteiger charge is -2.20. The first-order valence-corrected chi connectivity index (χ1v) is 5.49. The van der Waals surface area contributed by atoms with Gasteiger partial charge in [-0.1, -0.05) is 13.3 Å². The summed E-state index contributed by atoms with van der Waals surface area (Å²) in [5.41, 5.74) is 5.33.